The van der Waals surface area contributed by atoms with Crippen LogP contribution in [0.5, 0.6) is 0 Å². The van der Waals surface area contributed by atoms with Gasteiger partial charge in [-0.2, -0.15) is 0 Å². The number of furan rings is 1. The monoisotopic (exact) mass is 299 g/mol. The second-order valence-electron chi connectivity index (χ2n) is 4.75. The van der Waals surface area contributed by atoms with Crippen molar-refractivity contribution >= 4 is 19.2 Å². The van der Waals surface area contributed by atoms with E-state index in [2.05, 4.69) is 0 Å². The van der Waals surface area contributed by atoms with Crippen LogP contribution in [-0.4, -0.2) is 35.3 Å². The molecule has 0 aromatic carbocycles. The maximum Gasteiger partial charge on any atom is 0.223 e. The molecule has 1 aliphatic heterocycles. The molecule has 1 amide bonds. The molecule has 1 aliphatic rings. The zero-order valence-electron chi connectivity index (χ0n) is 10.7. The van der Waals surface area contributed by atoms with Crippen molar-refractivity contribution in [3.63, 3.8) is 0 Å². The van der Waals surface area contributed by atoms with Gasteiger partial charge in [-0.1, -0.05) is 0 Å². The molecule has 0 radical (unpaired) electrons. The molecule has 0 bridgehead atoms. The number of carbonyl (C=O) groups excluding carboxylic acids is 2. The third-order valence-corrected chi connectivity index (χ3v) is 5.34. The van der Waals surface area contributed by atoms with Crippen LogP contribution in [0.1, 0.15) is 18.6 Å². The highest BCUT2D eigenvalue weighted by atomic mass is 31.2. The number of hydrogen-bond donors (Lipinski definition) is 0. The molecule has 1 aromatic heterocycles. The minimum Gasteiger partial charge on any atom is -0.798 e. The maximum atomic E-state index is 12.2. The number of carboxylic acid groups (broad SMARTS) is 1. The quantitative estimate of drug-likeness (QED) is 0.633. The molecular weight excluding hydrogens is 285 g/mol. The molecule has 0 N–H and O–H groups in total. The van der Waals surface area contributed by atoms with E-state index >= 15 is 0 Å². The van der Waals surface area contributed by atoms with Gasteiger partial charge in [0, 0.05) is 32.4 Å². The van der Waals surface area contributed by atoms with Gasteiger partial charge in [0.15, 0.2) is 0 Å². The normalized spacial score (nSPS) is 19.9. The average Bonchev–Trinajstić information content (AvgIpc) is 2.98. The van der Waals surface area contributed by atoms with Crippen LogP contribution in [0.4, 0.5) is 0 Å². The number of likely N-dealkylation sites (tertiary alicyclic amines) is 1. The van der Waals surface area contributed by atoms with Crippen molar-refractivity contribution in [1.82, 2.24) is 4.90 Å². The summed E-state index contributed by atoms with van der Waals surface area (Å²) in [5, 5.41) is 11.1. The molecule has 0 aliphatic carbocycles. The lowest BCUT2D eigenvalue weighted by Crippen LogP contribution is -2.42. The van der Waals surface area contributed by atoms with Crippen LogP contribution < -0.4 is 10.00 Å². The van der Waals surface area contributed by atoms with E-state index < -0.39 is 25.3 Å². The minimum atomic E-state index is -4.35. The van der Waals surface area contributed by atoms with Gasteiger partial charge in [-0.3, -0.25) is 4.79 Å². The first-order valence-electron chi connectivity index (χ1n) is 6.21. The highest BCUT2D eigenvalue weighted by Gasteiger charge is 2.30. The van der Waals surface area contributed by atoms with Crippen LogP contribution in [0.25, 0.3) is 0 Å². The molecule has 1 saturated heterocycles. The van der Waals surface area contributed by atoms with E-state index in [4.69, 9.17) is 4.42 Å². The smallest absolute Gasteiger partial charge is 0.223 e. The topological polar surface area (TPSA) is 114 Å². The van der Waals surface area contributed by atoms with Gasteiger partial charge in [0.1, 0.15) is 5.76 Å². The summed E-state index contributed by atoms with van der Waals surface area (Å²) in [6, 6.07) is 3.04. The molecule has 0 spiro atoms. The fourth-order valence-electron chi connectivity index (χ4n) is 2.19. The summed E-state index contributed by atoms with van der Waals surface area (Å²) in [7, 11) is -4.35. The largest absolute Gasteiger partial charge is 0.798 e. The minimum absolute atomic E-state index is 0.253. The summed E-state index contributed by atoms with van der Waals surface area (Å²) in [6.07, 6.45) is 1.37. The lowest BCUT2D eigenvalue weighted by molar-refractivity contribution is -0.306. The van der Waals surface area contributed by atoms with E-state index in [0.717, 1.165) is 0 Å². The summed E-state index contributed by atoms with van der Waals surface area (Å²) in [6.45, 7) is 0.339. The fraction of sp³-hybridized carbons (Fsp3) is 0.500. The van der Waals surface area contributed by atoms with Crippen LogP contribution in [0, 0.1) is 0 Å². The van der Waals surface area contributed by atoms with E-state index in [1.165, 1.54) is 17.2 Å². The Balaban J connectivity index is 2.12. The molecule has 2 rings (SSSR count). The van der Waals surface area contributed by atoms with Gasteiger partial charge in [-0.15, -0.1) is 0 Å². The third kappa shape index (κ3) is 3.29. The molecule has 7 nitrogen and oxygen atoms in total. The summed E-state index contributed by atoms with van der Waals surface area (Å²) >= 11 is 0. The van der Waals surface area contributed by atoms with E-state index in [9.17, 15) is 24.2 Å². The fourth-order valence-corrected chi connectivity index (χ4v) is 3.94. The second-order valence-corrected chi connectivity index (χ2v) is 7.11. The maximum absolute atomic E-state index is 12.2. The Morgan fingerprint density at radius 3 is 2.80 bits per heavy atom. The first kappa shape index (κ1) is 14.8. The Bertz CT molecular complexity index is 540. The van der Waals surface area contributed by atoms with Crippen molar-refractivity contribution in [3.8, 4) is 0 Å². The number of aliphatic carboxylic acids is 1. The Morgan fingerprint density at radius 1 is 1.55 bits per heavy atom. The molecule has 0 saturated carbocycles. The van der Waals surface area contributed by atoms with Crippen LogP contribution in [-0.2, 0) is 20.6 Å². The number of rotatable bonds is 6. The van der Waals surface area contributed by atoms with Crippen molar-refractivity contribution in [2.75, 3.05) is 12.8 Å². The van der Waals surface area contributed by atoms with Gasteiger partial charge < -0.3 is 28.7 Å². The molecule has 2 atom stereocenters. The first-order chi connectivity index (χ1) is 9.40. The lowest BCUT2D eigenvalue weighted by Gasteiger charge is -2.35. The molecular formula is C12H14NO6P-2. The Kier molecular flexibility index (Phi) is 4.30. The van der Waals surface area contributed by atoms with Gasteiger partial charge in [0.05, 0.1) is 18.5 Å². The van der Waals surface area contributed by atoms with Crippen molar-refractivity contribution < 1.29 is 28.6 Å². The van der Waals surface area contributed by atoms with Gasteiger partial charge in [-0.25, -0.2) is 0 Å². The van der Waals surface area contributed by atoms with E-state index in [-0.39, 0.29) is 18.1 Å². The van der Waals surface area contributed by atoms with Crippen LogP contribution >= 0.6 is 7.37 Å². The van der Waals surface area contributed by atoms with Gasteiger partial charge in [0.25, 0.3) is 0 Å². The zero-order valence-corrected chi connectivity index (χ0v) is 11.6. The third-order valence-electron chi connectivity index (χ3n) is 3.26. The summed E-state index contributed by atoms with van der Waals surface area (Å²) in [5.74, 6) is -1.69. The second kappa shape index (κ2) is 5.81. The first-order valence-corrected chi connectivity index (χ1v) is 8.09. The lowest BCUT2D eigenvalue weighted by atomic mass is 10.2. The SMILES string of the molecule is O=C([O-])[C@H](Cc1ccco1)P(=O)([O-])CN1CCCC1=O. The predicted octanol–water partition coefficient (Wildman–Crippen LogP) is -0.841. The molecule has 1 fully saturated rings. The number of hydrogen-bond acceptors (Lipinski definition) is 6. The Hall–Kier alpha value is -1.59. The van der Waals surface area contributed by atoms with Gasteiger partial charge in [0.2, 0.25) is 5.91 Å². The van der Waals surface area contributed by atoms with Crippen molar-refractivity contribution in [2.45, 2.75) is 24.9 Å². The summed E-state index contributed by atoms with van der Waals surface area (Å²) in [5.41, 5.74) is -1.69. The van der Waals surface area contributed by atoms with E-state index in [0.29, 0.717) is 19.4 Å². The number of carboxylic acids is 1. The molecule has 2 heterocycles. The Morgan fingerprint density at radius 2 is 2.30 bits per heavy atom. The molecule has 1 unspecified atom stereocenters. The van der Waals surface area contributed by atoms with Crippen LogP contribution in [0.2, 0.25) is 0 Å². The van der Waals surface area contributed by atoms with Crippen LogP contribution in [0.3, 0.4) is 0 Å². The number of carbonyl (C=O) groups is 2. The molecule has 1 aromatic rings. The van der Waals surface area contributed by atoms with Gasteiger partial charge >= 0.3 is 0 Å². The molecule has 8 heteroatoms. The summed E-state index contributed by atoms with van der Waals surface area (Å²) < 4.78 is 17.1. The van der Waals surface area contributed by atoms with Crippen LogP contribution in [0.15, 0.2) is 22.8 Å². The van der Waals surface area contributed by atoms with Crippen molar-refractivity contribution in [2.24, 2.45) is 0 Å². The number of amides is 1. The highest BCUT2D eigenvalue weighted by Crippen LogP contribution is 2.44. The van der Waals surface area contributed by atoms with Crippen molar-refractivity contribution in [1.29, 1.82) is 0 Å². The Labute approximate surface area is 115 Å². The average molecular weight is 299 g/mol. The molecule has 20 heavy (non-hydrogen) atoms. The highest BCUT2D eigenvalue weighted by molar-refractivity contribution is 7.58. The van der Waals surface area contributed by atoms with E-state index in [1.807, 2.05) is 0 Å². The van der Waals surface area contributed by atoms with E-state index in [1.54, 1.807) is 6.07 Å². The van der Waals surface area contributed by atoms with Gasteiger partial charge in [-0.05, 0) is 18.6 Å². The summed E-state index contributed by atoms with van der Waals surface area (Å²) in [4.78, 5) is 35.9. The molecule has 110 valence electrons. The predicted molar refractivity (Wildman–Crippen MR) is 64.6 cm³/mol. The van der Waals surface area contributed by atoms with Crippen molar-refractivity contribution in [3.05, 3.63) is 24.2 Å². The zero-order chi connectivity index (χ0) is 14.8. The standard InChI is InChI=1S/C12H16NO6P/c14-11-4-1-5-13(11)8-20(17,18)10(12(15)16)7-9-3-2-6-19-9/h2-3,6,10H,1,4-5,7-8H2,(H,15,16)(H,17,18)/p-2/t10-/m0/s1. The number of nitrogens with zero attached hydrogens (tertiary/aromatic N) is 1.